The second-order valence-corrected chi connectivity index (χ2v) is 6.93. The first kappa shape index (κ1) is 13.4. The van der Waals surface area contributed by atoms with Crippen molar-refractivity contribution in [3.63, 3.8) is 0 Å². The number of carbonyl (C=O) groups excluding carboxylic acids is 1. The summed E-state index contributed by atoms with van der Waals surface area (Å²) in [5.41, 5.74) is -0.246. The van der Waals surface area contributed by atoms with E-state index in [1.165, 1.54) is 12.8 Å². The highest BCUT2D eigenvalue weighted by molar-refractivity contribution is 5.82. The maximum Gasteiger partial charge on any atom is 0.228 e. The fourth-order valence-corrected chi connectivity index (χ4v) is 3.83. The lowest BCUT2D eigenvalue weighted by Crippen LogP contribution is -2.53. The van der Waals surface area contributed by atoms with Gasteiger partial charge in [0.2, 0.25) is 5.91 Å². The molecule has 3 atom stereocenters. The van der Waals surface area contributed by atoms with Gasteiger partial charge in [-0.1, -0.05) is 13.8 Å². The van der Waals surface area contributed by atoms with E-state index in [1.807, 2.05) is 0 Å². The predicted octanol–water partition coefficient (Wildman–Crippen LogP) is 1.40. The van der Waals surface area contributed by atoms with Crippen molar-refractivity contribution in [1.82, 2.24) is 10.2 Å². The highest BCUT2D eigenvalue weighted by Crippen LogP contribution is 2.36. The number of nitrogens with one attached hydrogen (secondary N) is 1. The first-order valence-corrected chi connectivity index (χ1v) is 7.73. The minimum absolute atomic E-state index is 0.246. The Bertz CT molecular complexity index is 338. The number of nitrogens with zero attached hydrogens (tertiary/aromatic N) is 1. The van der Waals surface area contributed by atoms with Crippen LogP contribution in [0.3, 0.4) is 0 Å². The van der Waals surface area contributed by atoms with Crippen molar-refractivity contribution in [3.05, 3.63) is 0 Å². The summed E-state index contributed by atoms with van der Waals surface area (Å²) in [5.74, 6) is 0.802. The molecule has 3 fully saturated rings. The van der Waals surface area contributed by atoms with Gasteiger partial charge in [-0.2, -0.15) is 0 Å². The van der Waals surface area contributed by atoms with Crippen LogP contribution in [0.5, 0.6) is 0 Å². The molecule has 3 aliphatic heterocycles. The third-order valence-corrected chi connectivity index (χ3v) is 5.20. The Balaban J connectivity index is 1.68. The normalized spacial score (nSPS) is 35.5. The summed E-state index contributed by atoms with van der Waals surface area (Å²) in [6, 6.07) is 0. The van der Waals surface area contributed by atoms with Crippen molar-refractivity contribution < 1.29 is 9.53 Å². The number of carbonyl (C=O) groups is 1. The molecule has 4 heteroatoms. The molecule has 3 heterocycles. The van der Waals surface area contributed by atoms with Gasteiger partial charge in [0.1, 0.15) is 0 Å². The summed E-state index contributed by atoms with van der Waals surface area (Å²) in [5, 5.41) is 3.43. The second-order valence-electron chi connectivity index (χ2n) is 6.93. The van der Waals surface area contributed by atoms with Crippen LogP contribution in [0.25, 0.3) is 0 Å². The van der Waals surface area contributed by atoms with Gasteiger partial charge in [-0.3, -0.25) is 4.79 Å². The number of morpholine rings is 1. The van der Waals surface area contributed by atoms with Crippen LogP contribution in [0.1, 0.15) is 39.5 Å². The van der Waals surface area contributed by atoms with E-state index in [1.54, 1.807) is 0 Å². The number of ether oxygens (including phenoxy) is 1. The van der Waals surface area contributed by atoms with Crippen LogP contribution in [-0.4, -0.2) is 49.2 Å². The number of piperidine rings is 1. The van der Waals surface area contributed by atoms with Crippen LogP contribution >= 0.6 is 0 Å². The van der Waals surface area contributed by atoms with Crippen molar-refractivity contribution >= 4 is 5.91 Å². The van der Waals surface area contributed by atoms with E-state index in [9.17, 15) is 4.79 Å². The van der Waals surface area contributed by atoms with Crippen LogP contribution in [0.15, 0.2) is 0 Å². The van der Waals surface area contributed by atoms with Crippen LogP contribution in [0, 0.1) is 11.3 Å². The van der Waals surface area contributed by atoms with Crippen LogP contribution in [-0.2, 0) is 9.53 Å². The molecule has 0 aromatic rings. The van der Waals surface area contributed by atoms with Gasteiger partial charge in [0.15, 0.2) is 0 Å². The van der Waals surface area contributed by atoms with E-state index in [2.05, 4.69) is 24.1 Å². The molecule has 0 saturated carbocycles. The van der Waals surface area contributed by atoms with Crippen LogP contribution in [0.4, 0.5) is 0 Å². The molecule has 0 radical (unpaired) electrons. The van der Waals surface area contributed by atoms with E-state index in [-0.39, 0.29) is 5.41 Å². The molecule has 0 spiro atoms. The van der Waals surface area contributed by atoms with E-state index >= 15 is 0 Å². The third kappa shape index (κ3) is 2.52. The topological polar surface area (TPSA) is 41.6 Å². The quantitative estimate of drug-likeness (QED) is 0.821. The van der Waals surface area contributed by atoms with Crippen LogP contribution < -0.4 is 5.32 Å². The van der Waals surface area contributed by atoms with Gasteiger partial charge >= 0.3 is 0 Å². The number of likely N-dealkylation sites (tertiary alicyclic amines) is 1. The molecular weight excluding hydrogens is 240 g/mol. The maximum absolute atomic E-state index is 12.9. The van der Waals surface area contributed by atoms with Crippen molar-refractivity contribution in [2.45, 2.75) is 51.7 Å². The van der Waals surface area contributed by atoms with E-state index < -0.39 is 0 Å². The van der Waals surface area contributed by atoms with E-state index in [0.29, 0.717) is 24.0 Å². The molecule has 0 aliphatic carbocycles. The van der Waals surface area contributed by atoms with Gasteiger partial charge in [0.25, 0.3) is 0 Å². The average Bonchev–Trinajstić information content (AvgIpc) is 2.77. The van der Waals surface area contributed by atoms with E-state index in [4.69, 9.17) is 4.74 Å². The Morgan fingerprint density at radius 3 is 2.47 bits per heavy atom. The fraction of sp³-hybridized carbons (Fsp3) is 0.933. The number of fused-ring (bicyclic) bond motifs is 2. The van der Waals surface area contributed by atoms with Crippen molar-refractivity contribution in [2.24, 2.45) is 11.3 Å². The molecule has 1 amide bonds. The zero-order chi connectivity index (χ0) is 13.5. The molecule has 3 unspecified atom stereocenters. The molecule has 0 aromatic heterocycles. The van der Waals surface area contributed by atoms with Crippen molar-refractivity contribution in [3.8, 4) is 0 Å². The van der Waals surface area contributed by atoms with Gasteiger partial charge in [-0.05, 0) is 44.7 Å². The maximum atomic E-state index is 12.9. The fourth-order valence-electron chi connectivity index (χ4n) is 3.83. The van der Waals surface area contributed by atoms with Gasteiger partial charge < -0.3 is 15.0 Å². The zero-order valence-corrected chi connectivity index (χ0v) is 12.2. The van der Waals surface area contributed by atoms with Crippen LogP contribution in [0.2, 0.25) is 0 Å². The smallest absolute Gasteiger partial charge is 0.228 e. The lowest BCUT2D eigenvalue weighted by molar-refractivity contribution is -0.152. The number of rotatable bonds is 2. The number of hydrogen-bond acceptors (Lipinski definition) is 3. The summed E-state index contributed by atoms with van der Waals surface area (Å²) in [7, 11) is 0. The summed E-state index contributed by atoms with van der Waals surface area (Å²) >= 11 is 0. The molecule has 3 rings (SSSR count). The highest BCUT2D eigenvalue weighted by atomic mass is 16.5. The molecule has 1 N–H and O–H groups in total. The first-order chi connectivity index (χ1) is 9.07. The molecule has 19 heavy (non-hydrogen) atoms. The number of amides is 1. The minimum atomic E-state index is -0.246. The SMILES string of the molecule is CC(C)(C(=O)N1CC2CCC(C1)O2)C1CCCNC1. The van der Waals surface area contributed by atoms with Gasteiger partial charge in [0, 0.05) is 18.5 Å². The Labute approximate surface area is 115 Å². The third-order valence-electron chi connectivity index (χ3n) is 5.20. The Morgan fingerprint density at radius 1 is 1.21 bits per heavy atom. The Hall–Kier alpha value is -0.610. The molecule has 3 saturated heterocycles. The standard InChI is InChI=1S/C15H26N2O2/c1-15(2,11-4-3-7-16-8-11)14(18)17-9-12-5-6-13(10-17)19-12/h11-13,16H,3-10H2,1-2H3. The summed E-state index contributed by atoms with van der Waals surface area (Å²) < 4.78 is 5.83. The second kappa shape index (κ2) is 5.06. The lowest BCUT2D eigenvalue weighted by atomic mass is 9.74. The van der Waals surface area contributed by atoms with Gasteiger partial charge in [0.05, 0.1) is 12.2 Å². The molecule has 108 valence electrons. The van der Waals surface area contributed by atoms with Crippen molar-refractivity contribution in [2.75, 3.05) is 26.2 Å². The summed E-state index contributed by atoms with van der Waals surface area (Å²) in [4.78, 5) is 15.0. The first-order valence-electron chi connectivity index (χ1n) is 7.73. The summed E-state index contributed by atoms with van der Waals surface area (Å²) in [6.07, 6.45) is 5.20. The number of hydrogen-bond donors (Lipinski definition) is 1. The molecule has 2 bridgehead atoms. The summed E-state index contributed by atoms with van der Waals surface area (Å²) in [6.45, 7) is 7.95. The lowest BCUT2D eigenvalue weighted by Gasteiger charge is -2.42. The monoisotopic (exact) mass is 266 g/mol. The van der Waals surface area contributed by atoms with E-state index in [0.717, 1.165) is 39.0 Å². The zero-order valence-electron chi connectivity index (χ0n) is 12.2. The Morgan fingerprint density at radius 2 is 1.89 bits per heavy atom. The minimum Gasteiger partial charge on any atom is -0.371 e. The van der Waals surface area contributed by atoms with Gasteiger partial charge in [-0.15, -0.1) is 0 Å². The Kier molecular flexibility index (Phi) is 3.56. The average molecular weight is 266 g/mol. The predicted molar refractivity (Wildman–Crippen MR) is 73.8 cm³/mol. The molecule has 0 aromatic carbocycles. The van der Waals surface area contributed by atoms with Crippen molar-refractivity contribution in [1.29, 1.82) is 0 Å². The van der Waals surface area contributed by atoms with Gasteiger partial charge in [-0.25, -0.2) is 0 Å². The molecule has 3 aliphatic rings. The highest BCUT2D eigenvalue weighted by Gasteiger charge is 2.43. The molecular formula is C15H26N2O2. The largest absolute Gasteiger partial charge is 0.371 e. The molecule has 4 nitrogen and oxygen atoms in total.